The quantitative estimate of drug-likeness (QED) is 0.527. The number of methoxy groups -OCH3 is 1. The molecule has 2 N–H and O–H groups in total. The molecule has 0 spiro atoms. The summed E-state index contributed by atoms with van der Waals surface area (Å²) in [6, 6.07) is 3.51. The average Bonchev–Trinajstić information content (AvgIpc) is 3.37. The Labute approximate surface area is 211 Å². The number of amides is 2. The van der Waals surface area contributed by atoms with E-state index in [2.05, 4.69) is 43.4 Å². The Morgan fingerprint density at radius 1 is 1.39 bits per heavy atom. The van der Waals surface area contributed by atoms with Crippen LogP contribution in [0.4, 0.5) is 16.6 Å². The van der Waals surface area contributed by atoms with Crippen molar-refractivity contribution in [3.63, 3.8) is 0 Å². The molecule has 4 heterocycles. The second-order valence-electron chi connectivity index (χ2n) is 9.62. The topological polar surface area (TPSA) is 136 Å². The van der Waals surface area contributed by atoms with Gasteiger partial charge in [0.1, 0.15) is 6.04 Å². The molecule has 0 aliphatic carbocycles. The van der Waals surface area contributed by atoms with Gasteiger partial charge < -0.3 is 24.6 Å². The second-order valence-corrected chi connectivity index (χ2v) is 9.62. The molecule has 2 aliphatic rings. The Kier molecular flexibility index (Phi) is 7.61. The van der Waals surface area contributed by atoms with Crippen molar-refractivity contribution in [1.29, 1.82) is 5.26 Å². The van der Waals surface area contributed by atoms with E-state index in [0.29, 0.717) is 50.5 Å². The summed E-state index contributed by atoms with van der Waals surface area (Å²) >= 11 is 0. The van der Waals surface area contributed by atoms with Gasteiger partial charge in [-0.2, -0.15) is 15.3 Å². The third-order valence-corrected chi connectivity index (χ3v) is 6.91. The van der Waals surface area contributed by atoms with Crippen LogP contribution >= 0.6 is 0 Å². The van der Waals surface area contributed by atoms with E-state index in [9.17, 15) is 10.1 Å². The molecule has 194 valence electrons. The van der Waals surface area contributed by atoms with Gasteiger partial charge in [-0.3, -0.25) is 10.00 Å². The molecule has 0 saturated carbocycles. The molecule has 0 unspecified atom stereocenters. The largest absolute Gasteiger partial charge is 0.478 e. The number of piperazine rings is 1. The molecule has 1 fully saturated rings. The van der Waals surface area contributed by atoms with Crippen molar-refractivity contribution in [3.05, 3.63) is 23.5 Å². The molecular formula is C24H35N9O3. The molecule has 4 rings (SSSR count). The molecule has 2 aliphatic heterocycles. The first kappa shape index (κ1) is 25.7. The van der Waals surface area contributed by atoms with Crippen molar-refractivity contribution in [2.75, 3.05) is 45.3 Å². The van der Waals surface area contributed by atoms with E-state index in [1.807, 2.05) is 20.8 Å². The van der Waals surface area contributed by atoms with Crippen LogP contribution in [-0.2, 0) is 16.8 Å². The SMILES string of the molecule is CCOc1ccnc(Nc2n[nH]c3c2CN(C(=O)N2C[C@@H](C)N(CCCOC)C[C@@H]2C#N)C3(C)C)n1. The number of H-pyrrole nitrogens is 1. The third kappa shape index (κ3) is 4.94. The van der Waals surface area contributed by atoms with E-state index in [-0.39, 0.29) is 12.1 Å². The van der Waals surface area contributed by atoms with Crippen molar-refractivity contribution in [1.82, 2.24) is 34.9 Å². The van der Waals surface area contributed by atoms with Crippen molar-refractivity contribution in [2.45, 2.75) is 58.3 Å². The highest BCUT2D eigenvalue weighted by Gasteiger charge is 2.47. The fourth-order valence-corrected chi connectivity index (χ4v) is 4.89. The van der Waals surface area contributed by atoms with Crippen LogP contribution in [0.15, 0.2) is 12.3 Å². The Morgan fingerprint density at radius 2 is 2.19 bits per heavy atom. The number of nitrogens with one attached hydrogen (secondary N) is 2. The Hall–Kier alpha value is -3.43. The Balaban J connectivity index is 1.50. The number of nitrogens with zero attached hydrogens (tertiary/aromatic N) is 7. The molecular weight excluding hydrogens is 462 g/mol. The number of aromatic nitrogens is 4. The molecule has 36 heavy (non-hydrogen) atoms. The summed E-state index contributed by atoms with van der Waals surface area (Å²) in [6.45, 7) is 11.3. The number of anilines is 2. The van der Waals surface area contributed by atoms with Crippen LogP contribution in [0, 0.1) is 11.3 Å². The number of hydrogen-bond donors (Lipinski definition) is 2. The molecule has 2 aromatic rings. The zero-order chi connectivity index (χ0) is 25.9. The van der Waals surface area contributed by atoms with Gasteiger partial charge in [0.05, 0.1) is 30.5 Å². The van der Waals surface area contributed by atoms with Crippen LogP contribution in [0.1, 0.15) is 45.4 Å². The van der Waals surface area contributed by atoms with Crippen LogP contribution in [0.3, 0.4) is 0 Å². The highest BCUT2D eigenvalue weighted by atomic mass is 16.5. The number of ether oxygens (including phenoxy) is 2. The van der Waals surface area contributed by atoms with Crippen molar-refractivity contribution < 1.29 is 14.3 Å². The first-order chi connectivity index (χ1) is 17.3. The maximum atomic E-state index is 13.8. The molecule has 2 amide bonds. The summed E-state index contributed by atoms with van der Waals surface area (Å²) in [5.41, 5.74) is 1.09. The number of hydrogen-bond acceptors (Lipinski definition) is 9. The molecule has 1 saturated heterocycles. The maximum absolute atomic E-state index is 13.8. The lowest BCUT2D eigenvalue weighted by Gasteiger charge is -2.45. The molecule has 12 nitrogen and oxygen atoms in total. The lowest BCUT2D eigenvalue weighted by molar-refractivity contribution is 0.0409. The van der Waals surface area contributed by atoms with E-state index >= 15 is 0 Å². The lowest BCUT2D eigenvalue weighted by atomic mass is 10.0. The van der Waals surface area contributed by atoms with Crippen molar-refractivity contribution >= 4 is 17.8 Å². The molecule has 0 bridgehead atoms. The van der Waals surface area contributed by atoms with E-state index in [1.54, 1.807) is 29.2 Å². The van der Waals surface area contributed by atoms with E-state index in [0.717, 1.165) is 24.2 Å². The minimum Gasteiger partial charge on any atom is -0.478 e. The number of carbonyl (C=O) groups excluding carboxylic acids is 1. The highest BCUT2D eigenvalue weighted by Crippen LogP contribution is 2.42. The van der Waals surface area contributed by atoms with Crippen molar-refractivity contribution in [2.24, 2.45) is 0 Å². The minimum absolute atomic E-state index is 0.146. The smallest absolute Gasteiger partial charge is 0.322 e. The van der Waals surface area contributed by atoms with Crippen LogP contribution in [-0.4, -0.2) is 92.9 Å². The Bertz CT molecular complexity index is 1110. The first-order valence-corrected chi connectivity index (χ1v) is 12.3. The van der Waals surface area contributed by atoms with E-state index in [1.165, 1.54) is 0 Å². The number of aromatic amines is 1. The number of fused-ring (bicyclic) bond motifs is 1. The van der Waals surface area contributed by atoms with Gasteiger partial charge in [0.15, 0.2) is 5.82 Å². The average molecular weight is 498 g/mol. The number of urea groups is 1. The molecule has 0 radical (unpaired) electrons. The molecule has 0 aromatic carbocycles. The maximum Gasteiger partial charge on any atom is 0.322 e. The van der Waals surface area contributed by atoms with Crippen LogP contribution in [0.5, 0.6) is 5.88 Å². The van der Waals surface area contributed by atoms with E-state index < -0.39 is 11.6 Å². The molecule has 2 atom stereocenters. The highest BCUT2D eigenvalue weighted by molar-refractivity contribution is 5.78. The molecule has 12 heteroatoms. The van der Waals surface area contributed by atoms with Gasteiger partial charge in [0, 0.05) is 57.2 Å². The Morgan fingerprint density at radius 3 is 2.92 bits per heavy atom. The van der Waals surface area contributed by atoms with Gasteiger partial charge >= 0.3 is 6.03 Å². The summed E-state index contributed by atoms with van der Waals surface area (Å²) in [7, 11) is 1.69. The second kappa shape index (κ2) is 10.7. The van der Waals surface area contributed by atoms with Gasteiger partial charge in [-0.1, -0.05) is 0 Å². The lowest BCUT2D eigenvalue weighted by Crippen LogP contribution is -2.62. The van der Waals surface area contributed by atoms with Gasteiger partial charge in [-0.05, 0) is 34.1 Å². The zero-order valence-electron chi connectivity index (χ0n) is 21.6. The number of carbonyl (C=O) groups is 1. The normalized spacial score (nSPS) is 21.2. The van der Waals surface area contributed by atoms with Gasteiger partial charge in [0.25, 0.3) is 0 Å². The molecule has 2 aromatic heterocycles. The predicted octanol–water partition coefficient (Wildman–Crippen LogP) is 2.45. The van der Waals surface area contributed by atoms with Crippen LogP contribution in [0.2, 0.25) is 0 Å². The predicted molar refractivity (Wildman–Crippen MR) is 133 cm³/mol. The monoisotopic (exact) mass is 497 g/mol. The van der Waals surface area contributed by atoms with Gasteiger partial charge in [-0.15, -0.1) is 0 Å². The summed E-state index contributed by atoms with van der Waals surface area (Å²) in [5, 5.41) is 20.6. The zero-order valence-corrected chi connectivity index (χ0v) is 21.6. The number of rotatable bonds is 8. The van der Waals surface area contributed by atoms with E-state index in [4.69, 9.17) is 9.47 Å². The number of nitriles is 1. The minimum atomic E-state index is -0.633. The summed E-state index contributed by atoms with van der Waals surface area (Å²) in [6.07, 6.45) is 2.51. The fraction of sp³-hybridized carbons (Fsp3) is 0.625. The first-order valence-electron chi connectivity index (χ1n) is 12.3. The van der Waals surface area contributed by atoms with Crippen LogP contribution < -0.4 is 10.1 Å². The van der Waals surface area contributed by atoms with Gasteiger partial charge in [0.2, 0.25) is 11.8 Å². The van der Waals surface area contributed by atoms with Crippen LogP contribution in [0.25, 0.3) is 0 Å². The summed E-state index contributed by atoms with van der Waals surface area (Å²) in [5.74, 6) is 1.40. The van der Waals surface area contributed by atoms with Crippen molar-refractivity contribution in [3.8, 4) is 11.9 Å². The third-order valence-electron chi connectivity index (χ3n) is 6.91. The summed E-state index contributed by atoms with van der Waals surface area (Å²) in [4.78, 5) is 28.2. The standard InChI is InChI=1S/C24H35N9O3/c1-6-36-19-8-9-26-22(27-19)28-21-18-15-33(24(3,4)20(18)29-30-21)23(34)32-13-16(2)31(10-7-11-35-5)14-17(32)12-25/h8-9,16-17H,6-7,10-11,13-15H2,1-5H3,(H2,26,27,28,29,30)/t16-,17+/m1/s1. The summed E-state index contributed by atoms with van der Waals surface area (Å²) < 4.78 is 10.6. The fourth-order valence-electron chi connectivity index (χ4n) is 4.89. The van der Waals surface area contributed by atoms with Gasteiger partial charge in [-0.25, -0.2) is 9.78 Å².